The van der Waals surface area contributed by atoms with E-state index >= 15 is 0 Å². The molecule has 0 radical (unpaired) electrons. The van der Waals surface area contributed by atoms with Crippen molar-refractivity contribution in [2.75, 3.05) is 33.3 Å². The number of carbonyl (C=O) groups excluding carboxylic acids is 1. The van der Waals surface area contributed by atoms with Crippen molar-refractivity contribution in [3.63, 3.8) is 0 Å². The number of amides is 1. The number of benzene rings is 1. The van der Waals surface area contributed by atoms with Gasteiger partial charge in [0.2, 0.25) is 5.91 Å². The highest BCUT2D eigenvalue weighted by Gasteiger charge is 2.43. The first-order chi connectivity index (χ1) is 13.0. The summed E-state index contributed by atoms with van der Waals surface area (Å²) in [5.41, 5.74) is 1.08. The van der Waals surface area contributed by atoms with E-state index in [4.69, 9.17) is 9.84 Å². The molecule has 7 nitrogen and oxygen atoms in total. The molecule has 0 saturated carbocycles. The van der Waals surface area contributed by atoms with E-state index in [1.54, 1.807) is 7.11 Å². The monoisotopic (exact) mass is 375 g/mol. The molecule has 3 N–H and O–H groups in total. The van der Waals surface area contributed by atoms with Crippen molar-refractivity contribution >= 4 is 11.9 Å². The topological polar surface area (TPSA) is 90.9 Å². The van der Waals surface area contributed by atoms with E-state index < -0.39 is 12.0 Å². The molecule has 2 aliphatic rings. The number of carboxylic acids is 1. The van der Waals surface area contributed by atoms with Crippen LogP contribution in [0.1, 0.15) is 31.2 Å². The maximum absolute atomic E-state index is 12.2. The number of hydrogen-bond acceptors (Lipinski definition) is 5. The van der Waals surface area contributed by atoms with E-state index in [0.717, 1.165) is 56.8 Å². The first kappa shape index (κ1) is 19.6. The zero-order valence-corrected chi connectivity index (χ0v) is 15.9. The maximum atomic E-state index is 12.2. The zero-order chi connectivity index (χ0) is 19.3. The lowest BCUT2D eigenvalue weighted by atomic mass is 9.76. The van der Waals surface area contributed by atoms with Gasteiger partial charge in [-0.05, 0) is 43.8 Å². The molecular weight excluding hydrogens is 346 g/mol. The third kappa shape index (κ3) is 4.99. The molecule has 1 amide bonds. The van der Waals surface area contributed by atoms with Crippen LogP contribution in [0.25, 0.3) is 0 Å². The first-order valence-corrected chi connectivity index (χ1v) is 9.58. The highest BCUT2D eigenvalue weighted by Crippen LogP contribution is 2.39. The number of likely N-dealkylation sites (tertiary alicyclic amines) is 1. The second-order valence-corrected chi connectivity index (χ2v) is 7.66. The Balaban J connectivity index is 1.37. The van der Waals surface area contributed by atoms with Gasteiger partial charge in [0.15, 0.2) is 0 Å². The van der Waals surface area contributed by atoms with Crippen molar-refractivity contribution in [2.45, 2.75) is 38.3 Å². The summed E-state index contributed by atoms with van der Waals surface area (Å²) in [6.07, 6.45) is 3.17. The minimum atomic E-state index is -0.749. The highest BCUT2D eigenvalue weighted by molar-refractivity contribution is 5.76. The van der Waals surface area contributed by atoms with Crippen molar-refractivity contribution in [2.24, 2.45) is 5.41 Å². The average molecular weight is 375 g/mol. The molecule has 1 aromatic rings. The Morgan fingerprint density at radius 1 is 1.33 bits per heavy atom. The van der Waals surface area contributed by atoms with Crippen LogP contribution in [-0.2, 0) is 16.1 Å². The molecule has 2 heterocycles. The first-order valence-electron chi connectivity index (χ1n) is 9.58. The number of hydrogen-bond donors (Lipinski definition) is 3. The van der Waals surface area contributed by atoms with Crippen molar-refractivity contribution in [1.29, 1.82) is 0 Å². The smallest absolute Gasteiger partial charge is 0.320 e. The SMILES string of the molecule is COc1ccccc1CNC(=O)CCN1CCC2(CC1)CNC(C(=O)O)C2. The van der Waals surface area contributed by atoms with Crippen molar-refractivity contribution in [3.05, 3.63) is 29.8 Å². The lowest BCUT2D eigenvalue weighted by molar-refractivity contribution is -0.139. The number of nitrogens with zero attached hydrogens (tertiary/aromatic N) is 1. The van der Waals surface area contributed by atoms with E-state index in [9.17, 15) is 9.59 Å². The molecule has 1 aromatic carbocycles. The molecule has 0 aromatic heterocycles. The Labute approximate surface area is 160 Å². The number of ether oxygens (including phenoxy) is 1. The number of rotatable bonds is 7. The van der Waals surface area contributed by atoms with Gasteiger partial charge in [0.1, 0.15) is 11.8 Å². The van der Waals surface area contributed by atoms with Gasteiger partial charge < -0.3 is 25.4 Å². The fourth-order valence-corrected chi connectivity index (χ4v) is 4.11. The number of para-hydroxylation sites is 1. The number of aliphatic carboxylic acids is 1. The Kier molecular flexibility index (Phi) is 6.34. The molecule has 1 atom stereocenters. The van der Waals surface area contributed by atoms with Gasteiger partial charge in [-0.2, -0.15) is 0 Å². The van der Waals surface area contributed by atoms with Crippen LogP contribution in [0.15, 0.2) is 24.3 Å². The van der Waals surface area contributed by atoms with Crippen LogP contribution in [0.3, 0.4) is 0 Å². The molecule has 0 bridgehead atoms. The van der Waals surface area contributed by atoms with Gasteiger partial charge >= 0.3 is 5.97 Å². The number of nitrogens with one attached hydrogen (secondary N) is 2. The molecule has 27 heavy (non-hydrogen) atoms. The van der Waals surface area contributed by atoms with Crippen molar-refractivity contribution in [1.82, 2.24) is 15.5 Å². The molecule has 1 spiro atoms. The van der Waals surface area contributed by atoms with Gasteiger partial charge in [-0.3, -0.25) is 9.59 Å². The summed E-state index contributed by atoms with van der Waals surface area (Å²) in [6.45, 7) is 3.84. The van der Waals surface area contributed by atoms with Crippen LogP contribution >= 0.6 is 0 Å². The molecule has 148 valence electrons. The normalized spacial score (nSPS) is 21.9. The molecule has 3 rings (SSSR count). The second-order valence-electron chi connectivity index (χ2n) is 7.66. The van der Waals surface area contributed by atoms with Gasteiger partial charge in [-0.15, -0.1) is 0 Å². The van der Waals surface area contributed by atoms with E-state index in [1.807, 2.05) is 24.3 Å². The van der Waals surface area contributed by atoms with Gasteiger partial charge in [0.25, 0.3) is 0 Å². The van der Waals surface area contributed by atoms with Crippen LogP contribution in [0.5, 0.6) is 5.75 Å². The Bertz CT molecular complexity index is 671. The molecule has 2 aliphatic heterocycles. The van der Waals surface area contributed by atoms with Crippen LogP contribution in [0.2, 0.25) is 0 Å². The number of piperidine rings is 1. The van der Waals surface area contributed by atoms with Crippen LogP contribution in [0, 0.1) is 5.41 Å². The van der Waals surface area contributed by atoms with E-state index in [-0.39, 0.29) is 11.3 Å². The third-order valence-electron chi connectivity index (χ3n) is 5.90. The summed E-state index contributed by atoms with van der Waals surface area (Å²) >= 11 is 0. The fourth-order valence-electron chi connectivity index (χ4n) is 4.11. The average Bonchev–Trinajstić information content (AvgIpc) is 3.10. The molecular formula is C20H29N3O4. The molecule has 2 saturated heterocycles. The lowest BCUT2D eigenvalue weighted by Gasteiger charge is -2.38. The quantitative estimate of drug-likeness (QED) is 0.664. The van der Waals surface area contributed by atoms with Gasteiger partial charge in [0.05, 0.1) is 7.11 Å². The third-order valence-corrected chi connectivity index (χ3v) is 5.90. The molecule has 7 heteroatoms. The van der Waals surface area contributed by atoms with Gasteiger partial charge in [-0.25, -0.2) is 0 Å². The zero-order valence-electron chi connectivity index (χ0n) is 15.9. The minimum absolute atomic E-state index is 0.0367. The van der Waals surface area contributed by atoms with Crippen LogP contribution in [-0.4, -0.2) is 61.2 Å². The predicted octanol–water partition coefficient (Wildman–Crippen LogP) is 1.23. The van der Waals surface area contributed by atoms with E-state index in [1.165, 1.54) is 0 Å². The highest BCUT2D eigenvalue weighted by atomic mass is 16.5. The summed E-state index contributed by atoms with van der Waals surface area (Å²) in [6, 6.07) is 7.27. The molecule has 2 fully saturated rings. The largest absolute Gasteiger partial charge is 0.496 e. The summed E-state index contributed by atoms with van der Waals surface area (Å²) in [5.74, 6) is 0.0691. The van der Waals surface area contributed by atoms with Crippen LogP contribution < -0.4 is 15.4 Å². The summed E-state index contributed by atoms with van der Waals surface area (Å²) in [5, 5.41) is 15.3. The fraction of sp³-hybridized carbons (Fsp3) is 0.600. The molecule has 0 aliphatic carbocycles. The van der Waals surface area contributed by atoms with Crippen molar-refractivity contribution < 1.29 is 19.4 Å². The molecule has 1 unspecified atom stereocenters. The van der Waals surface area contributed by atoms with Gasteiger partial charge in [0, 0.05) is 31.6 Å². The Morgan fingerprint density at radius 2 is 2.07 bits per heavy atom. The van der Waals surface area contributed by atoms with E-state index in [0.29, 0.717) is 13.0 Å². The number of methoxy groups -OCH3 is 1. The standard InChI is InChI=1S/C20H29N3O4/c1-27-17-5-3-2-4-15(17)13-21-18(24)6-9-23-10-7-20(8-11-23)12-16(19(25)26)22-14-20/h2-5,16,22H,6-14H2,1H3,(H,21,24)(H,25,26). The summed E-state index contributed by atoms with van der Waals surface area (Å²) in [4.78, 5) is 25.6. The van der Waals surface area contributed by atoms with Crippen LogP contribution in [0.4, 0.5) is 0 Å². The predicted molar refractivity (Wildman–Crippen MR) is 102 cm³/mol. The number of carboxylic acid groups (broad SMARTS) is 1. The Morgan fingerprint density at radius 3 is 2.74 bits per heavy atom. The maximum Gasteiger partial charge on any atom is 0.320 e. The Hall–Kier alpha value is -2.12. The minimum Gasteiger partial charge on any atom is -0.496 e. The summed E-state index contributed by atoms with van der Waals surface area (Å²) in [7, 11) is 1.63. The van der Waals surface area contributed by atoms with E-state index in [2.05, 4.69) is 15.5 Å². The van der Waals surface area contributed by atoms with Crippen molar-refractivity contribution in [3.8, 4) is 5.75 Å². The number of carbonyl (C=O) groups is 2. The lowest BCUT2D eigenvalue weighted by Crippen LogP contribution is -2.42. The summed E-state index contributed by atoms with van der Waals surface area (Å²) < 4.78 is 5.30. The second kappa shape index (κ2) is 8.71. The van der Waals surface area contributed by atoms with Gasteiger partial charge in [-0.1, -0.05) is 18.2 Å².